The molecule has 3 rings (SSSR count). The second-order valence-electron chi connectivity index (χ2n) is 8.23. The number of carbonyl (C=O) groups excluding carboxylic acids is 2. The van der Waals surface area contributed by atoms with Gasteiger partial charge in [0.25, 0.3) is 11.8 Å². The average Bonchev–Trinajstić information content (AvgIpc) is 2.92. The molecule has 5 nitrogen and oxygen atoms in total. The highest BCUT2D eigenvalue weighted by atomic mass is 19.1. The zero-order valence-corrected chi connectivity index (χ0v) is 17.7. The number of ether oxygens (including phenoxy) is 1. The number of nitrogens with one attached hydrogen (secondary N) is 1. The lowest BCUT2D eigenvalue weighted by molar-refractivity contribution is -0.137. The minimum absolute atomic E-state index is 0.135. The lowest BCUT2D eigenvalue weighted by atomic mass is 10.0. The highest BCUT2D eigenvalue weighted by Gasteiger charge is 2.39. The van der Waals surface area contributed by atoms with Crippen LogP contribution in [0.25, 0.3) is 5.57 Å². The fourth-order valence-electron chi connectivity index (χ4n) is 3.15. The van der Waals surface area contributed by atoms with Crippen LogP contribution >= 0.6 is 0 Å². The SMILES string of the molecule is CC(C)COc1ccc(C2=C(Nc3ccc(F)cc3)C(=O)N(CC(C)C)C2=O)cc1. The Kier molecular flexibility index (Phi) is 6.55. The van der Waals surface area contributed by atoms with E-state index in [0.717, 1.165) is 0 Å². The van der Waals surface area contributed by atoms with Gasteiger partial charge in [0.15, 0.2) is 0 Å². The summed E-state index contributed by atoms with van der Waals surface area (Å²) in [6, 6.07) is 12.8. The van der Waals surface area contributed by atoms with E-state index in [9.17, 15) is 14.0 Å². The third-order valence-corrected chi connectivity index (χ3v) is 4.56. The molecule has 0 saturated carbocycles. The van der Waals surface area contributed by atoms with Gasteiger partial charge in [-0.1, -0.05) is 39.8 Å². The summed E-state index contributed by atoms with van der Waals surface area (Å²) in [4.78, 5) is 27.4. The maximum absolute atomic E-state index is 13.3. The van der Waals surface area contributed by atoms with E-state index in [2.05, 4.69) is 19.2 Å². The molecule has 0 unspecified atom stereocenters. The van der Waals surface area contributed by atoms with Crippen molar-refractivity contribution in [1.29, 1.82) is 0 Å². The smallest absolute Gasteiger partial charge is 0.278 e. The third kappa shape index (κ3) is 4.87. The molecule has 1 aliphatic heterocycles. The van der Waals surface area contributed by atoms with Crippen molar-refractivity contribution in [2.45, 2.75) is 27.7 Å². The number of rotatable bonds is 8. The molecule has 30 heavy (non-hydrogen) atoms. The highest BCUT2D eigenvalue weighted by Crippen LogP contribution is 2.32. The van der Waals surface area contributed by atoms with Gasteiger partial charge in [0, 0.05) is 12.2 Å². The zero-order valence-electron chi connectivity index (χ0n) is 17.7. The number of amides is 2. The quantitative estimate of drug-likeness (QED) is 0.641. The molecule has 0 saturated heterocycles. The molecule has 0 spiro atoms. The van der Waals surface area contributed by atoms with Crippen molar-refractivity contribution in [3.05, 3.63) is 65.6 Å². The van der Waals surface area contributed by atoms with Crippen LogP contribution in [0.15, 0.2) is 54.2 Å². The second-order valence-corrected chi connectivity index (χ2v) is 8.23. The van der Waals surface area contributed by atoms with E-state index in [1.165, 1.54) is 29.2 Å². The van der Waals surface area contributed by atoms with Gasteiger partial charge in [-0.05, 0) is 53.8 Å². The van der Waals surface area contributed by atoms with Crippen molar-refractivity contribution < 1.29 is 18.7 Å². The lowest BCUT2D eigenvalue weighted by Crippen LogP contribution is -2.35. The predicted octanol–water partition coefficient (Wildman–Crippen LogP) is 4.71. The first-order valence-corrected chi connectivity index (χ1v) is 10.1. The van der Waals surface area contributed by atoms with Crippen LogP contribution in [0.4, 0.5) is 10.1 Å². The molecule has 0 bridgehead atoms. The Morgan fingerprint density at radius 1 is 0.900 bits per heavy atom. The number of hydrogen-bond donors (Lipinski definition) is 1. The Morgan fingerprint density at radius 2 is 1.53 bits per heavy atom. The van der Waals surface area contributed by atoms with Crippen LogP contribution in [0.3, 0.4) is 0 Å². The summed E-state index contributed by atoms with van der Waals surface area (Å²) in [5.74, 6) is 0.148. The Hall–Kier alpha value is -3.15. The summed E-state index contributed by atoms with van der Waals surface area (Å²) in [6.07, 6.45) is 0. The van der Waals surface area contributed by atoms with Crippen LogP contribution in [0.2, 0.25) is 0 Å². The maximum atomic E-state index is 13.3. The molecule has 1 aliphatic rings. The van der Waals surface area contributed by atoms with Gasteiger partial charge in [-0.15, -0.1) is 0 Å². The van der Waals surface area contributed by atoms with Crippen LogP contribution in [0.5, 0.6) is 5.75 Å². The average molecular weight is 410 g/mol. The van der Waals surface area contributed by atoms with Crippen LogP contribution in [-0.2, 0) is 9.59 Å². The minimum atomic E-state index is -0.381. The number of hydrogen-bond acceptors (Lipinski definition) is 4. The molecule has 2 amide bonds. The van der Waals surface area contributed by atoms with E-state index in [4.69, 9.17) is 4.74 Å². The first-order valence-electron chi connectivity index (χ1n) is 10.1. The van der Waals surface area contributed by atoms with Crippen molar-refractivity contribution >= 4 is 23.1 Å². The van der Waals surface area contributed by atoms with Gasteiger partial charge in [-0.25, -0.2) is 4.39 Å². The summed E-state index contributed by atoms with van der Waals surface area (Å²) >= 11 is 0. The molecule has 1 N–H and O–H groups in total. The standard InChI is InChI=1S/C24H27FN2O3/c1-15(2)13-27-23(28)21(17-5-11-20(12-6-17)30-14-16(3)4)22(24(27)29)26-19-9-7-18(25)8-10-19/h5-12,15-16,26H,13-14H2,1-4H3. The van der Waals surface area contributed by atoms with E-state index in [-0.39, 0.29) is 29.2 Å². The Morgan fingerprint density at radius 3 is 2.10 bits per heavy atom. The molecular weight excluding hydrogens is 383 g/mol. The molecule has 1 heterocycles. The molecular formula is C24H27FN2O3. The number of benzene rings is 2. The van der Waals surface area contributed by atoms with Gasteiger partial charge in [-0.3, -0.25) is 14.5 Å². The van der Waals surface area contributed by atoms with Crippen LogP contribution in [0, 0.1) is 17.7 Å². The minimum Gasteiger partial charge on any atom is -0.493 e. The number of nitrogens with zero attached hydrogens (tertiary/aromatic N) is 1. The third-order valence-electron chi connectivity index (χ3n) is 4.56. The summed E-state index contributed by atoms with van der Waals surface area (Å²) in [7, 11) is 0. The maximum Gasteiger partial charge on any atom is 0.278 e. The largest absolute Gasteiger partial charge is 0.493 e. The fourth-order valence-corrected chi connectivity index (χ4v) is 3.15. The van der Waals surface area contributed by atoms with Crippen molar-refractivity contribution in [2.24, 2.45) is 11.8 Å². The molecule has 0 radical (unpaired) electrons. The normalized spacial score (nSPS) is 14.3. The molecule has 158 valence electrons. The van der Waals surface area contributed by atoms with Crippen LogP contribution in [0.1, 0.15) is 33.3 Å². The van der Waals surface area contributed by atoms with E-state index in [1.54, 1.807) is 24.3 Å². The van der Waals surface area contributed by atoms with Crippen molar-refractivity contribution in [3.63, 3.8) is 0 Å². The highest BCUT2D eigenvalue weighted by molar-refractivity contribution is 6.36. The van der Waals surface area contributed by atoms with Gasteiger partial charge in [0.1, 0.15) is 17.3 Å². The van der Waals surface area contributed by atoms with Crippen LogP contribution in [-0.4, -0.2) is 29.9 Å². The summed E-state index contributed by atoms with van der Waals surface area (Å²) in [6.45, 7) is 8.96. The van der Waals surface area contributed by atoms with E-state index < -0.39 is 0 Å². The van der Waals surface area contributed by atoms with Gasteiger partial charge >= 0.3 is 0 Å². The van der Waals surface area contributed by atoms with Crippen LogP contribution < -0.4 is 10.1 Å². The Labute approximate surface area is 176 Å². The Bertz CT molecular complexity index is 947. The van der Waals surface area contributed by atoms with Crippen molar-refractivity contribution in [3.8, 4) is 5.75 Å². The van der Waals surface area contributed by atoms with Gasteiger partial charge in [0.2, 0.25) is 0 Å². The first kappa shape index (κ1) is 21.6. The number of anilines is 1. The van der Waals surface area contributed by atoms with Gasteiger partial charge in [0.05, 0.1) is 12.2 Å². The number of carbonyl (C=O) groups is 2. The molecule has 0 fully saturated rings. The molecule has 2 aromatic carbocycles. The Balaban J connectivity index is 1.95. The monoisotopic (exact) mass is 410 g/mol. The van der Waals surface area contributed by atoms with E-state index in [1.807, 2.05) is 13.8 Å². The topological polar surface area (TPSA) is 58.6 Å². The van der Waals surface area contributed by atoms with E-state index >= 15 is 0 Å². The second kappa shape index (κ2) is 9.11. The fraction of sp³-hybridized carbons (Fsp3) is 0.333. The zero-order chi connectivity index (χ0) is 21.8. The molecule has 0 atom stereocenters. The molecule has 6 heteroatoms. The first-order chi connectivity index (χ1) is 14.3. The van der Waals surface area contributed by atoms with Crippen molar-refractivity contribution in [1.82, 2.24) is 4.90 Å². The molecule has 0 aliphatic carbocycles. The number of halogens is 1. The van der Waals surface area contributed by atoms with Gasteiger partial charge in [-0.2, -0.15) is 0 Å². The number of imide groups is 1. The van der Waals surface area contributed by atoms with E-state index in [0.29, 0.717) is 41.6 Å². The van der Waals surface area contributed by atoms with Gasteiger partial charge < -0.3 is 10.1 Å². The molecule has 2 aromatic rings. The summed E-state index contributed by atoms with van der Waals surface area (Å²) in [5, 5.41) is 3.02. The summed E-state index contributed by atoms with van der Waals surface area (Å²) in [5.41, 5.74) is 1.66. The predicted molar refractivity (Wildman–Crippen MR) is 115 cm³/mol. The molecule has 0 aromatic heterocycles. The lowest BCUT2D eigenvalue weighted by Gasteiger charge is -2.17. The summed E-state index contributed by atoms with van der Waals surface area (Å²) < 4.78 is 19.0. The van der Waals surface area contributed by atoms with Crippen molar-refractivity contribution in [2.75, 3.05) is 18.5 Å².